The first kappa shape index (κ1) is 20.6. The fourth-order valence-corrected chi connectivity index (χ4v) is 6.46. The van der Waals surface area contributed by atoms with E-state index in [0.717, 1.165) is 0 Å². The van der Waals surface area contributed by atoms with Gasteiger partial charge in [-0.25, -0.2) is 0 Å². The standard InChI is InChI=1S/C5H5.5CH3.3ClH.Zr/c1-2-4-5-3-1;;;;;;;;;/h1-3H,4H2;5*1H3;3*1H;. The van der Waals surface area contributed by atoms with Crippen molar-refractivity contribution in [2.45, 2.75) is 29.6 Å². The van der Waals surface area contributed by atoms with E-state index in [1.54, 1.807) is 3.28 Å². The van der Waals surface area contributed by atoms with Gasteiger partial charge in [-0.2, -0.15) is 0 Å². The minimum absolute atomic E-state index is 0. The first-order valence-electron chi connectivity index (χ1n) is 4.47. The van der Waals surface area contributed by atoms with E-state index >= 15 is 0 Å². The van der Waals surface area contributed by atoms with Crippen LogP contribution in [-0.4, -0.2) is 0 Å². The van der Waals surface area contributed by atoms with Gasteiger partial charge in [0.05, 0.1) is 0 Å². The molecule has 14 heavy (non-hydrogen) atoms. The molecule has 0 aliphatic heterocycles. The maximum atomic E-state index is 2.50. The van der Waals surface area contributed by atoms with E-state index in [0.29, 0.717) is 0 Å². The van der Waals surface area contributed by atoms with Gasteiger partial charge in [-0.3, -0.25) is 0 Å². The van der Waals surface area contributed by atoms with Gasteiger partial charge in [0.15, 0.2) is 0 Å². The topological polar surface area (TPSA) is 0 Å². The Labute approximate surface area is 105 Å². The van der Waals surface area contributed by atoms with E-state index in [1.165, 1.54) is 6.42 Å². The summed E-state index contributed by atoms with van der Waals surface area (Å²) in [5.41, 5.74) is 0. The molecule has 0 saturated heterocycles. The second kappa shape index (κ2) is 4.62. The molecule has 0 fully saturated rings. The van der Waals surface area contributed by atoms with Crippen LogP contribution in [0.5, 0.6) is 0 Å². The minimum atomic E-state index is -2.78. The molecular formula is C10H23Cl3Zr. The molecular weight excluding hydrogens is 318 g/mol. The SMILES string of the molecule is Cl.Cl.Cl.[CH3][Zr]([CH3])([CH3])([CH3])([CH3])[C]1=CC=CC1. The van der Waals surface area contributed by atoms with Crippen molar-refractivity contribution in [3.63, 3.8) is 0 Å². The Morgan fingerprint density at radius 3 is 1.50 bits per heavy atom. The summed E-state index contributed by atoms with van der Waals surface area (Å²) in [5, 5.41) is 0. The number of halogens is 3. The molecule has 1 aliphatic carbocycles. The summed E-state index contributed by atoms with van der Waals surface area (Å²) >= 11 is -2.78. The molecule has 0 unspecified atom stereocenters. The Morgan fingerprint density at radius 1 is 0.929 bits per heavy atom. The molecule has 0 radical (unpaired) electrons. The molecule has 88 valence electrons. The number of hydrogen-bond donors (Lipinski definition) is 0. The molecule has 0 saturated carbocycles. The first-order valence-corrected chi connectivity index (χ1v) is 18.0. The van der Waals surface area contributed by atoms with Crippen LogP contribution in [0.3, 0.4) is 0 Å². The van der Waals surface area contributed by atoms with Crippen molar-refractivity contribution in [3.8, 4) is 0 Å². The van der Waals surface area contributed by atoms with Crippen LogP contribution in [0.4, 0.5) is 0 Å². The van der Waals surface area contributed by atoms with E-state index in [4.69, 9.17) is 0 Å². The summed E-state index contributed by atoms with van der Waals surface area (Å²) in [5.74, 6) is 0. The van der Waals surface area contributed by atoms with Crippen LogP contribution in [0.15, 0.2) is 21.5 Å². The summed E-state index contributed by atoms with van der Waals surface area (Å²) < 4.78 is 14.2. The van der Waals surface area contributed by atoms with E-state index in [9.17, 15) is 0 Å². The number of allylic oxidation sites excluding steroid dienone is 4. The van der Waals surface area contributed by atoms with Crippen LogP contribution < -0.4 is 0 Å². The zero-order valence-electron chi connectivity index (χ0n) is 9.66. The van der Waals surface area contributed by atoms with Gasteiger partial charge in [-0.1, -0.05) is 0 Å². The number of rotatable bonds is 1. The van der Waals surface area contributed by atoms with Crippen LogP contribution in [0.25, 0.3) is 0 Å². The van der Waals surface area contributed by atoms with Gasteiger partial charge in [-0.05, 0) is 0 Å². The molecule has 0 heterocycles. The molecule has 0 N–H and O–H groups in total. The second-order valence-electron chi connectivity index (χ2n) is 7.57. The molecule has 0 spiro atoms. The average molecular weight is 341 g/mol. The maximum absolute atomic E-state index is 2.78. The van der Waals surface area contributed by atoms with Crippen molar-refractivity contribution in [3.05, 3.63) is 21.5 Å². The van der Waals surface area contributed by atoms with Crippen LogP contribution in [0, 0.1) is 0 Å². The van der Waals surface area contributed by atoms with E-state index in [2.05, 4.69) is 41.4 Å². The summed E-state index contributed by atoms with van der Waals surface area (Å²) in [6.45, 7) is 0. The average Bonchev–Trinajstić information content (AvgIpc) is 2.01. The van der Waals surface area contributed by atoms with E-state index in [-0.39, 0.29) is 37.2 Å². The molecule has 0 aromatic carbocycles. The van der Waals surface area contributed by atoms with Gasteiger partial charge in [-0.15, -0.1) is 37.2 Å². The van der Waals surface area contributed by atoms with Crippen LogP contribution in [-0.2, 0) is 17.3 Å². The molecule has 1 rings (SSSR count). The second-order valence-corrected chi connectivity index (χ2v) is 39.9. The summed E-state index contributed by atoms with van der Waals surface area (Å²) in [7, 11) is 0. The van der Waals surface area contributed by atoms with Crippen LogP contribution in [0.2, 0.25) is 23.2 Å². The fraction of sp³-hybridized carbons (Fsp3) is 0.600. The van der Waals surface area contributed by atoms with Crippen molar-refractivity contribution in [2.24, 2.45) is 0 Å². The molecule has 0 aromatic rings. The van der Waals surface area contributed by atoms with Gasteiger partial charge >= 0.3 is 68.4 Å². The fourth-order valence-electron chi connectivity index (χ4n) is 1.37. The van der Waals surface area contributed by atoms with Crippen molar-refractivity contribution >= 4 is 37.2 Å². The molecule has 0 atom stereocenters. The summed E-state index contributed by atoms with van der Waals surface area (Å²) in [6.07, 6.45) is 8.00. The third kappa shape index (κ3) is 5.96. The van der Waals surface area contributed by atoms with Crippen LogP contribution in [0.1, 0.15) is 6.42 Å². The van der Waals surface area contributed by atoms with Gasteiger partial charge < -0.3 is 0 Å². The van der Waals surface area contributed by atoms with Crippen LogP contribution >= 0.6 is 37.2 Å². The van der Waals surface area contributed by atoms with Crippen molar-refractivity contribution in [1.29, 1.82) is 0 Å². The van der Waals surface area contributed by atoms with E-state index in [1.807, 2.05) is 0 Å². The van der Waals surface area contributed by atoms with Gasteiger partial charge in [0.2, 0.25) is 0 Å². The Morgan fingerprint density at radius 2 is 1.36 bits per heavy atom. The predicted octanol–water partition coefficient (Wildman–Crippen LogP) is 5.56. The zero-order chi connectivity index (χ0) is 8.81. The Balaban J connectivity index is -0.000000403. The normalized spacial score (nSPS) is 19.1. The first-order chi connectivity index (χ1) is 4.59. The van der Waals surface area contributed by atoms with Crippen molar-refractivity contribution in [2.75, 3.05) is 0 Å². The Bertz CT molecular complexity index is 242. The molecule has 0 aromatic heterocycles. The summed E-state index contributed by atoms with van der Waals surface area (Å²) in [6, 6.07) is 0. The van der Waals surface area contributed by atoms with E-state index < -0.39 is 17.3 Å². The zero-order valence-corrected chi connectivity index (χ0v) is 14.6. The quantitative estimate of drug-likeness (QED) is 0.586. The third-order valence-electron chi connectivity index (χ3n) is 2.38. The molecule has 0 amide bonds. The third-order valence-corrected chi connectivity index (χ3v) is 11.2. The monoisotopic (exact) mass is 338 g/mol. The predicted molar refractivity (Wildman–Crippen MR) is 72.9 cm³/mol. The number of hydrogen-bond acceptors (Lipinski definition) is 0. The van der Waals surface area contributed by atoms with Gasteiger partial charge in [0, 0.05) is 0 Å². The van der Waals surface area contributed by atoms with Crippen molar-refractivity contribution in [1.82, 2.24) is 0 Å². The Kier molecular flexibility index (Phi) is 6.80. The molecule has 1 aliphatic rings. The molecule has 4 heteroatoms. The van der Waals surface area contributed by atoms with Gasteiger partial charge in [0.25, 0.3) is 0 Å². The summed E-state index contributed by atoms with van der Waals surface area (Å²) in [4.78, 5) is 0. The molecule has 0 nitrogen and oxygen atoms in total. The molecule has 0 bridgehead atoms. The Hall–Kier alpha value is 1.23. The van der Waals surface area contributed by atoms with Gasteiger partial charge in [0.1, 0.15) is 0 Å². The van der Waals surface area contributed by atoms with Crippen molar-refractivity contribution < 1.29 is 17.3 Å².